The molecule has 0 aliphatic rings. The van der Waals surface area contributed by atoms with Crippen molar-refractivity contribution in [2.75, 3.05) is 0 Å². The molecular weight excluding hydrogens is 306 g/mol. The molecule has 0 aliphatic carbocycles. The van der Waals surface area contributed by atoms with Crippen LogP contribution in [0, 0.1) is 3.57 Å². The molecule has 0 amide bonds. The van der Waals surface area contributed by atoms with Crippen LogP contribution in [0.4, 0.5) is 0 Å². The van der Waals surface area contributed by atoms with Gasteiger partial charge in [-0.2, -0.15) is 0 Å². The molecule has 2 nitrogen and oxygen atoms in total. The summed E-state index contributed by atoms with van der Waals surface area (Å²) < 4.78 is 1.12. The molecule has 63 valence electrons. The van der Waals surface area contributed by atoms with Gasteiger partial charge < -0.3 is 5.11 Å². The molecule has 1 rings (SSSR count). The molecule has 0 saturated heterocycles. The number of carbonyl (C=O) groups is 1. The number of benzene rings is 1. The van der Waals surface area contributed by atoms with Crippen molar-refractivity contribution in [3.8, 4) is 0 Å². The quantitative estimate of drug-likeness (QED) is 0.847. The molecule has 0 saturated carbocycles. The summed E-state index contributed by atoms with van der Waals surface area (Å²) in [5.74, 6) is -0.786. The van der Waals surface area contributed by atoms with Crippen molar-refractivity contribution in [3.05, 3.63) is 33.4 Å². The van der Waals surface area contributed by atoms with Crippen molar-refractivity contribution in [2.45, 2.75) is 6.42 Å². The number of hydrogen-bond donors (Lipinski definition) is 1. The normalized spacial score (nSPS) is 8.75. The van der Waals surface area contributed by atoms with E-state index in [4.69, 9.17) is 5.11 Å². The van der Waals surface area contributed by atoms with Gasteiger partial charge in [-0.3, -0.25) is 4.79 Å². The van der Waals surface area contributed by atoms with E-state index in [2.05, 4.69) is 22.6 Å². The van der Waals surface area contributed by atoms with Gasteiger partial charge >= 0.3 is 5.97 Å². The molecule has 1 radical (unpaired) electrons. The molecule has 0 aromatic heterocycles. The first-order chi connectivity index (χ1) is 5.18. The van der Waals surface area contributed by atoms with Crippen LogP contribution < -0.4 is 0 Å². The summed E-state index contributed by atoms with van der Waals surface area (Å²) in [7, 11) is 0. The van der Waals surface area contributed by atoms with E-state index in [1.54, 1.807) is 0 Å². The van der Waals surface area contributed by atoms with E-state index >= 15 is 0 Å². The Morgan fingerprint density at radius 2 is 1.83 bits per heavy atom. The second-order valence-corrected chi connectivity index (χ2v) is 3.44. The second-order valence-electron chi connectivity index (χ2n) is 2.20. The van der Waals surface area contributed by atoms with Crippen LogP contribution >= 0.6 is 22.6 Å². The Labute approximate surface area is 96.4 Å². The zero-order valence-electron chi connectivity index (χ0n) is 6.20. The predicted molar refractivity (Wildman–Crippen MR) is 50.5 cm³/mol. The standard InChI is InChI=1S/C8H7IO2.V/c9-7-3-1-6(2-4-7)5-8(10)11;/h1-4H,5H2,(H,10,11);. The van der Waals surface area contributed by atoms with Crippen molar-refractivity contribution in [3.63, 3.8) is 0 Å². The van der Waals surface area contributed by atoms with E-state index in [0.29, 0.717) is 0 Å². The summed E-state index contributed by atoms with van der Waals surface area (Å²) in [5, 5.41) is 8.43. The average molecular weight is 313 g/mol. The molecule has 0 spiro atoms. The topological polar surface area (TPSA) is 37.3 Å². The van der Waals surface area contributed by atoms with Crippen LogP contribution in [-0.2, 0) is 29.8 Å². The molecule has 1 aromatic rings. The van der Waals surface area contributed by atoms with E-state index < -0.39 is 5.97 Å². The molecular formula is C8H7IO2V. The number of aliphatic carboxylic acids is 1. The maximum Gasteiger partial charge on any atom is 0.307 e. The monoisotopic (exact) mass is 313 g/mol. The van der Waals surface area contributed by atoms with E-state index in [0.717, 1.165) is 9.13 Å². The van der Waals surface area contributed by atoms with Gasteiger partial charge in [0.15, 0.2) is 0 Å². The Morgan fingerprint density at radius 1 is 1.33 bits per heavy atom. The van der Waals surface area contributed by atoms with Gasteiger partial charge in [-0.25, -0.2) is 0 Å². The first-order valence-corrected chi connectivity index (χ1v) is 4.22. The van der Waals surface area contributed by atoms with Gasteiger partial charge in [0.1, 0.15) is 0 Å². The van der Waals surface area contributed by atoms with Crippen LogP contribution in [0.2, 0.25) is 0 Å². The van der Waals surface area contributed by atoms with Crippen molar-refractivity contribution < 1.29 is 28.5 Å². The van der Waals surface area contributed by atoms with E-state index in [9.17, 15) is 4.79 Å². The molecule has 0 heterocycles. The molecule has 1 aromatic carbocycles. The van der Waals surface area contributed by atoms with E-state index in [-0.39, 0.29) is 25.0 Å². The Morgan fingerprint density at radius 3 is 2.25 bits per heavy atom. The third-order valence-electron chi connectivity index (χ3n) is 1.27. The van der Waals surface area contributed by atoms with Crippen molar-refractivity contribution in [2.24, 2.45) is 0 Å². The van der Waals surface area contributed by atoms with Crippen molar-refractivity contribution in [1.82, 2.24) is 0 Å². The first kappa shape index (κ1) is 12.0. The van der Waals surface area contributed by atoms with Crippen LogP contribution in [0.3, 0.4) is 0 Å². The number of rotatable bonds is 2. The van der Waals surface area contributed by atoms with Gasteiger partial charge in [0.2, 0.25) is 0 Å². The summed E-state index contributed by atoms with van der Waals surface area (Å²) in [6.07, 6.45) is 0.108. The predicted octanol–water partition coefficient (Wildman–Crippen LogP) is 1.92. The van der Waals surface area contributed by atoms with Gasteiger partial charge in [-0.15, -0.1) is 0 Å². The van der Waals surface area contributed by atoms with Crippen LogP contribution in [0.5, 0.6) is 0 Å². The number of carboxylic acid groups (broad SMARTS) is 1. The Kier molecular flexibility index (Phi) is 5.62. The average Bonchev–Trinajstić information content (AvgIpc) is 1.93. The summed E-state index contributed by atoms with van der Waals surface area (Å²) in [5.41, 5.74) is 0.845. The molecule has 12 heavy (non-hydrogen) atoms. The van der Waals surface area contributed by atoms with Crippen LogP contribution in [-0.4, -0.2) is 11.1 Å². The third kappa shape index (κ3) is 4.14. The Balaban J connectivity index is 0.00000121. The zero-order chi connectivity index (χ0) is 8.27. The summed E-state index contributed by atoms with van der Waals surface area (Å²) >= 11 is 2.18. The van der Waals surface area contributed by atoms with Crippen LogP contribution in [0.15, 0.2) is 24.3 Å². The number of hydrogen-bond acceptors (Lipinski definition) is 1. The largest absolute Gasteiger partial charge is 0.481 e. The molecule has 4 heteroatoms. The van der Waals surface area contributed by atoms with Gasteiger partial charge in [0, 0.05) is 22.1 Å². The first-order valence-electron chi connectivity index (χ1n) is 3.15. The third-order valence-corrected chi connectivity index (χ3v) is 1.99. The summed E-state index contributed by atoms with van der Waals surface area (Å²) in [6.45, 7) is 0. The fraction of sp³-hybridized carbons (Fsp3) is 0.125. The smallest absolute Gasteiger partial charge is 0.307 e. The molecule has 0 fully saturated rings. The number of carboxylic acids is 1. The second kappa shape index (κ2) is 5.62. The fourth-order valence-corrected chi connectivity index (χ4v) is 1.14. The summed E-state index contributed by atoms with van der Waals surface area (Å²) in [6, 6.07) is 7.46. The summed E-state index contributed by atoms with van der Waals surface area (Å²) in [4.78, 5) is 10.3. The maximum absolute atomic E-state index is 10.3. The zero-order valence-corrected chi connectivity index (χ0v) is 9.75. The van der Waals surface area contributed by atoms with Crippen LogP contribution in [0.1, 0.15) is 5.56 Å². The molecule has 0 atom stereocenters. The van der Waals surface area contributed by atoms with Gasteiger partial charge in [0.25, 0.3) is 0 Å². The van der Waals surface area contributed by atoms with Crippen molar-refractivity contribution >= 4 is 28.6 Å². The van der Waals surface area contributed by atoms with E-state index in [1.165, 1.54) is 0 Å². The van der Waals surface area contributed by atoms with E-state index in [1.807, 2.05) is 24.3 Å². The van der Waals surface area contributed by atoms with Gasteiger partial charge in [-0.05, 0) is 40.3 Å². The number of halogens is 1. The molecule has 1 N–H and O–H groups in total. The minimum absolute atomic E-state index is 0. The Hall–Kier alpha value is 0.00442. The minimum Gasteiger partial charge on any atom is -0.481 e. The fourth-order valence-electron chi connectivity index (χ4n) is 0.777. The van der Waals surface area contributed by atoms with Gasteiger partial charge in [-0.1, -0.05) is 12.1 Å². The Bertz CT molecular complexity index is 258. The van der Waals surface area contributed by atoms with Crippen LogP contribution in [0.25, 0.3) is 0 Å². The molecule has 0 bridgehead atoms. The van der Waals surface area contributed by atoms with Crippen molar-refractivity contribution in [1.29, 1.82) is 0 Å². The minimum atomic E-state index is -0.786. The van der Waals surface area contributed by atoms with Gasteiger partial charge in [0.05, 0.1) is 6.42 Å². The SMILES string of the molecule is O=C(O)Cc1ccc(I)cc1.[V]. The molecule has 0 aliphatic heterocycles. The maximum atomic E-state index is 10.3. The molecule has 0 unspecified atom stereocenters.